The summed E-state index contributed by atoms with van der Waals surface area (Å²) in [5.74, 6) is 1.43. The smallest absolute Gasteiger partial charge is 0.240 e. The van der Waals surface area contributed by atoms with Gasteiger partial charge in [-0.25, -0.2) is 4.68 Å². The Kier molecular flexibility index (Phi) is 7.29. The van der Waals surface area contributed by atoms with Crippen LogP contribution in [0.15, 0.2) is 24.4 Å². The number of aromatic amines is 1. The van der Waals surface area contributed by atoms with Crippen LogP contribution in [0.2, 0.25) is 0 Å². The maximum Gasteiger partial charge on any atom is 0.240 e. The van der Waals surface area contributed by atoms with Crippen LogP contribution in [0, 0.1) is 0 Å². The number of nitrogens with zero attached hydrogens (tertiary/aromatic N) is 6. The van der Waals surface area contributed by atoms with E-state index in [1.165, 1.54) is 0 Å². The van der Waals surface area contributed by atoms with Crippen molar-refractivity contribution in [3.05, 3.63) is 41.3 Å². The third kappa shape index (κ3) is 4.95. The van der Waals surface area contributed by atoms with Crippen molar-refractivity contribution in [3.63, 3.8) is 0 Å². The molecule has 0 radical (unpaired) electrons. The summed E-state index contributed by atoms with van der Waals surface area (Å²) in [5, 5.41) is 18.3. The normalized spacial score (nSPS) is 18.1. The molecular weight excluding hydrogens is 478 g/mol. The molecule has 0 fully saturated rings. The van der Waals surface area contributed by atoms with E-state index < -0.39 is 0 Å². The highest BCUT2D eigenvalue weighted by molar-refractivity contribution is 5.93. The Morgan fingerprint density at radius 3 is 2.74 bits per heavy atom. The first-order valence-electron chi connectivity index (χ1n) is 13.6. The molecule has 4 aromatic rings. The largest absolute Gasteiger partial charge is 0.473 e. The Bertz CT molecular complexity index is 1440. The first-order chi connectivity index (χ1) is 18.3. The van der Waals surface area contributed by atoms with Gasteiger partial charge in [0.15, 0.2) is 0 Å². The highest BCUT2D eigenvalue weighted by Gasteiger charge is 2.25. The first-order valence-corrected chi connectivity index (χ1v) is 13.6. The predicted octanol–water partition coefficient (Wildman–Crippen LogP) is 5.69. The van der Waals surface area contributed by atoms with Crippen molar-refractivity contribution < 1.29 is 9.47 Å². The van der Waals surface area contributed by atoms with E-state index in [4.69, 9.17) is 14.6 Å². The third-order valence-corrected chi connectivity index (χ3v) is 7.22. The van der Waals surface area contributed by atoms with E-state index in [-0.39, 0.29) is 18.2 Å². The maximum atomic E-state index is 6.54. The van der Waals surface area contributed by atoms with Crippen LogP contribution in [0.5, 0.6) is 11.8 Å². The Balaban J connectivity index is 1.71. The SMILES string of the molecule is CCC(C)n1nc(OC(C)C)c2c1CN(CC)C[C@@H](C)Oc1c(cnn1C)-c1ccc3n[nH]c(c3c1)/C=C/2. The number of hydrogen-bond donors (Lipinski definition) is 1. The number of ether oxygens (including phenoxy) is 2. The summed E-state index contributed by atoms with van der Waals surface area (Å²) >= 11 is 0. The van der Waals surface area contributed by atoms with Crippen molar-refractivity contribution in [2.75, 3.05) is 13.1 Å². The van der Waals surface area contributed by atoms with Crippen LogP contribution < -0.4 is 9.47 Å². The van der Waals surface area contributed by atoms with Crippen LogP contribution in [0.25, 0.3) is 34.2 Å². The standard InChI is InChI=1S/C29H39N7O2/c1-8-19(5)36-27-17-35(9-2)16-20(6)38-29-24(15-30-34(29)7)21-10-12-25-23(14-21)26(32-31-25)13-11-22(27)28(33-36)37-18(3)4/h10-15,18-20H,8-9,16-17H2,1-7H3,(H,31,32)/b13-11+/t19?,20-/m1/s1. The monoisotopic (exact) mass is 517 g/mol. The van der Waals surface area contributed by atoms with Gasteiger partial charge in [-0.15, -0.1) is 5.10 Å². The molecule has 4 heterocycles. The second-order valence-corrected chi connectivity index (χ2v) is 10.5. The average molecular weight is 518 g/mol. The first kappa shape index (κ1) is 26.0. The molecule has 2 bridgehead atoms. The van der Waals surface area contributed by atoms with Crippen molar-refractivity contribution in [2.45, 2.75) is 72.8 Å². The fourth-order valence-electron chi connectivity index (χ4n) is 5.00. The minimum Gasteiger partial charge on any atom is -0.473 e. The zero-order valence-corrected chi connectivity index (χ0v) is 23.5. The molecule has 0 aliphatic carbocycles. The van der Waals surface area contributed by atoms with Gasteiger partial charge in [0.25, 0.3) is 0 Å². The zero-order valence-electron chi connectivity index (χ0n) is 23.5. The van der Waals surface area contributed by atoms with E-state index in [1.54, 1.807) is 0 Å². The van der Waals surface area contributed by atoms with Crippen molar-refractivity contribution >= 4 is 23.1 Å². The Labute approximate surface area is 224 Å². The van der Waals surface area contributed by atoms with Gasteiger partial charge in [0.1, 0.15) is 6.10 Å². The van der Waals surface area contributed by atoms with Gasteiger partial charge >= 0.3 is 0 Å². The summed E-state index contributed by atoms with van der Waals surface area (Å²) in [4.78, 5) is 2.40. The van der Waals surface area contributed by atoms with E-state index in [0.717, 1.165) is 70.9 Å². The lowest BCUT2D eigenvalue weighted by Crippen LogP contribution is -2.35. The molecule has 0 saturated carbocycles. The predicted molar refractivity (Wildman–Crippen MR) is 151 cm³/mol. The molecule has 1 N–H and O–H groups in total. The Morgan fingerprint density at radius 1 is 1.18 bits per heavy atom. The molecule has 1 aliphatic rings. The van der Waals surface area contributed by atoms with Gasteiger partial charge in [0.05, 0.1) is 40.3 Å². The topological polar surface area (TPSA) is 86.0 Å². The van der Waals surface area contributed by atoms with Crippen LogP contribution >= 0.6 is 0 Å². The lowest BCUT2D eigenvalue weighted by molar-refractivity contribution is 0.133. The van der Waals surface area contributed by atoms with E-state index in [0.29, 0.717) is 5.88 Å². The summed E-state index contributed by atoms with van der Waals surface area (Å²) in [5.41, 5.74) is 6.00. The third-order valence-electron chi connectivity index (χ3n) is 7.22. The average Bonchev–Trinajstić information content (AvgIpc) is 3.56. The molecule has 0 saturated heterocycles. The number of H-pyrrole nitrogens is 1. The summed E-state index contributed by atoms with van der Waals surface area (Å²) in [6.07, 6.45) is 7.03. The quantitative estimate of drug-likeness (QED) is 0.366. The van der Waals surface area contributed by atoms with Gasteiger partial charge in [0.2, 0.25) is 11.8 Å². The Morgan fingerprint density at radius 2 is 2.00 bits per heavy atom. The van der Waals surface area contributed by atoms with Crippen LogP contribution in [0.3, 0.4) is 0 Å². The van der Waals surface area contributed by atoms with E-state index in [1.807, 2.05) is 37.8 Å². The fraction of sp³-hybridized carbons (Fsp3) is 0.483. The summed E-state index contributed by atoms with van der Waals surface area (Å²) in [7, 11) is 1.93. The minimum absolute atomic E-state index is 0.0164. The van der Waals surface area contributed by atoms with E-state index in [2.05, 4.69) is 76.9 Å². The van der Waals surface area contributed by atoms with Gasteiger partial charge in [-0.1, -0.05) is 19.9 Å². The lowest BCUT2D eigenvalue weighted by Gasteiger charge is -2.26. The maximum absolute atomic E-state index is 6.54. The molecule has 1 aliphatic heterocycles. The number of likely N-dealkylation sites (N-methyl/N-ethyl adjacent to an activating group) is 1. The molecule has 38 heavy (non-hydrogen) atoms. The van der Waals surface area contributed by atoms with Crippen molar-refractivity contribution in [1.82, 2.24) is 34.7 Å². The molecule has 5 rings (SSSR count). The molecular formula is C29H39N7O2. The lowest BCUT2D eigenvalue weighted by atomic mass is 10.0. The molecule has 2 atom stereocenters. The van der Waals surface area contributed by atoms with E-state index in [9.17, 15) is 0 Å². The molecule has 0 spiro atoms. The number of hydrogen-bond acceptors (Lipinski definition) is 6. The second-order valence-electron chi connectivity index (χ2n) is 10.5. The van der Waals surface area contributed by atoms with Crippen molar-refractivity contribution in [3.8, 4) is 22.9 Å². The highest BCUT2D eigenvalue weighted by atomic mass is 16.5. The molecule has 1 aromatic carbocycles. The van der Waals surface area contributed by atoms with Gasteiger partial charge in [0, 0.05) is 31.6 Å². The Hall–Kier alpha value is -3.59. The molecule has 0 amide bonds. The minimum atomic E-state index is -0.0483. The van der Waals surface area contributed by atoms with Crippen LogP contribution in [-0.2, 0) is 13.6 Å². The van der Waals surface area contributed by atoms with Gasteiger partial charge < -0.3 is 9.47 Å². The zero-order chi connectivity index (χ0) is 27.0. The van der Waals surface area contributed by atoms with Crippen molar-refractivity contribution in [2.24, 2.45) is 7.05 Å². The van der Waals surface area contributed by atoms with Gasteiger partial charge in [-0.2, -0.15) is 10.2 Å². The highest BCUT2D eigenvalue weighted by Crippen LogP contribution is 2.35. The summed E-state index contributed by atoms with van der Waals surface area (Å²) in [6.45, 7) is 15.2. The molecule has 1 unspecified atom stereocenters. The number of rotatable bonds is 5. The summed E-state index contributed by atoms with van der Waals surface area (Å²) < 4.78 is 16.7. The number of benzene rings is 1. The molecule has 202 valence electrons. The van der Waals surface area contributed by atoms with Gasteiger partial charge in [-0.3, -0.25) is 14.7 Å². The van der Waals surface area contributed by atoms with Gasteiger partial charge in [-0.05, 0) is 70.5 Å². The summed E-state index contributed by atoms with van der Waals surface area (Å²) in [6, 6.07) is 6.50. The fourth-order valence-corrected chi connectivity index (χ4v) is 5.00. The number of nitrogens with one attached hydrogen (secondary N) is 1. The van der Waals surface area contributed by atoms with Crippen molar-refractivity contribution in [1.29, 1.82) is 0 Å². The number of aromatic nitrogens is 6. The van der Waals surface area contributed by atoms with Crippen LogP contribution in [-0.4, -0.2) is 60.0 Å². The molecule has 3 aromatic heterocycles. The second kappa shape index (κ2) is 10.6. The van der Waals surface area contributed by atoms with E-state index >= 15 is 0 Å². The molecule has 9 nitrogen and oxygen atoms in total. The molecule has 9 heteroatoms. The van der Waals surface area contributed by atoms with Crippen LogP contribution in [0.4, 0.5) is 0 Å². The van der Waals surface area contributed by atoms with Crippen LogP contribution in [0.1, 0.15) is 71.0 Å². The number of fused-ring (bicyclic) bond motifs is 4. The number of aryl methyl sites for hydroxylation is 1.